The molecule has 0 saturated carbocycles. The van der Waals surface area contributed by atoms with Gasteiger partial charge in [-0.15, -0.1) is 0 Å². The number of benzene rings is 9. The summed E-state index contributed by atoms with van der Waals surface area (Å²) in [4.78, 5) is 2.34. The summed E-state index contributed by atoms with van der Waals surface area (Å²) in [5.41, 5.74) is 12.9. The number of hydrogen-bond donors (Lipinski definition) is 0. The predicted molar refractivity (Wildman–Crippen MR) is 233 cm³/mol. The van der Waals surface area contributed by atoms with Crippen molar-refractivity contribution in [3.63, 3.8) is 0 Å². The molecule has 0 aliphatic rings. The lowest BCUT2D eigenvalue weighted by Crippen LogP contribution is -2.09. The van der Waals surface area contributed by atoms with Crippen LogP contribution in [0.4, 0.5) is 17.1 Å². The molecule has 0 unspecified atom stereocenters. The van der Waals surface area contributed by atoms with Gasteiger partial charge in [0.2, 0.25) is 0 Å². The number of fused-ring (bicyclic) bond motifs is 7. The van der Waals surface area contributed by atoms with E-state index in [1.54, 1.807) is 0 Å². The minimum atomic E-state index is 1.11. The lowest BCUT2D eigenvalue weighted by Gasteiger charge is -2.26. The molecular formula is C52H35N3. The molecule has 0 spiro atoms. The molecule has 3 nitrogen and oxygen atoms in total. The largest absolute Gasteiger partial charge is 0.310 e. The summed E-state index contributed by atoms with van der Waals surface area (Å²) in [5, 5.41) is 7.42. The maximum absolute atomic E-state index is 2.42. The zero-order valence-electron chi connectivity index (χ0n) is 30.0. The van der Waals surface area contributed by atoms with Gasteiger partial charge >= 0.3 is 0 Å². The van der Waals surface area contributed by atoms with E-state index in [0.717, 1.165) is 28.4 Å². The third kappa shape index (κ3) is 5.13. The Bertz CT molecular complexity index is 3180. The summed E-state index contributed by atoms with van der Waals surface area (Å²) in [6.45, 7) is 0. The highest BCUT2D eigenvalue weighted by atomic mass is 15.1. The quantitative estimate of drug-likeness (QED) is 0.168. The zero-order valence-corrected chi connectivity index (χ0v) is 30.0. The Morgan fingerprint density at radius 3 is 1.45 bits per heavy atom. The molecule has 0 aliphatic carbocycles. The van der Waals surface area contributed by atoms with Crippen molar-refractivity contribution in [1.29, 1.82) is 0 Å². The molecule has 0 amide bonds. The molecule has 55 heavy (non-hydrogen) atoms. The monoisotopic (exact) mass is 701 g/mol. The highest BCUT2D eigenvalue weighted by Crippen LogP contribution is 2.42. The molecule has 0 fully saturated rings. The van der Waals surface area contributed by atoms with Gasteiger partial charge in [-0.2, -0.15) is 0 Å². The molecule has 2 aromatic heterocycles. The number of rotatable bonds is 6. The zero-order chi connectivity index (χ0) is 36.3. The molecule has 0 saturated heterocycles. The van der Waals surface area contributed by atoms with Crippen LogP contribution in [-0.4, -0.2) is 9.13 Å². The van der Waals surface area contributed by atoms with Gasteiger partial charge in [0.1, 0.15) is 0 Å². The fourth-order valence-corrected chi connectivity index (χ4v) is 8.51. The maximum atomic E-state index is 2.42. The highest BCUT2D eigenvalue weighted by Gasteiger charge is 2.19. The maximum Gasteiger partial charge on any atom is 0.0548 e. The van der Waals surface area contributed by atoms with Crippen molar-refractivity contribution < 1.29 is 0 Å². The van der Waals surface area contributed by atoms with Gasteiger partial charge in [0, 0.05) is 50.0 Å². The van der Waals surface area contributed by atoms with E-state index in [4.69, 9.17) is 0 Å². The average molecular weight is 702 g/mol. The molecule has 3 heteroatoms. The summed E-state index contributed by atoms with van der Waals surface area (Å²) in [5.74, 6) is 0. The Morgan fingerprint density at radius 1 is 0.273 bits per heavy atom. The van der Waals surface area contributed by atoms with E-state index in [0.29, 0.717) is 0 Å². The van der Waals surface area contributed by atoms with Gasteiger partial charge in [-0.1, -0.05) is 121 Å². The van der Waals surface area contributed by atoms with Crippen LogP contribution in [0.2, 0.25) is 0 Å². The van der Waals surface area contributed by atoms with Crippen molar-refractivity contribution in [2.24, 2.45) is 0 Å². The fourth-order valence-electron chi connectivity index (χ4n) is 8.51. The van der Waals surface area contributed by atoms with E-state index >= 15 is 0 Å². The minimum Gasteiger partial charge on any atom is -0.310 e. The van der Waals surface area contributed by atoms with Crippen molar-refractivity contribution in [2.75, 3.05) is 4.90 Å². The SMILES string of the molecule is c1ccc(N(c2ccc(-c3ccc4c(c3)c3cc5c(cc3n4-c3ccccc3)c3ccccc3n5-c3ccccc3)cc2)c2ccc3ccccc3c2)cc1. The molecule has 0 aliphatic heterocycles. The second-order valence-electron chi connectivity index (χ2n) is 14.2. The highest BCUT2D eigenvalue weighted by molar-refractivity contribution is 6.19. The summed E-state index contributed by atoms with van der Waals surface area (Å²) < 4.78 is 4.83. The van der Waals surface area contributed by atoms with Crippen LogP contribution < -0.4 is 4.90 Å². The van der Waals surface area contributed by atoms with Gasteiger partial charge in [-0.25, -0.2) is 0 Å². The normalized spacial score (nSPS) is 11.6. The van der Waals surface area contributed by atoms with Crippen LogP contribution >= 0.6 is 0 Å². The molecule has 9 aromatic carbocycles. The lowest BCUT2D eigenvalue weighted by molar-refractivity contribution is 1.17. The number of nitrogens with zero attached hydrogens (tertiary/aromatic N) is 3. The van der Waals surface area contributed by atoms with Crippen LogP contribution in [0.15, 0.2) is 212 Å². The van der Waals surface area contributed by atoms with E-state index in [1.807, 2.05) is 0 Å². The van der Waals surface area contributed by atoms with Crippen LogP contribution in [0.1, 0.15) is 0 Å². The minimum absolute atomic E-state index is 1.11. The third-order valence-electron chi connectivity index (χ3n) is 11.1. The fraction of sp³-hybridized carbons (Fsp3) is 0. The Hall–Kier alpha value is -7.36. The van der Waals surface area contributed by atoms with E-state index in [2.05, 4.69) is 226 Å². The number of hydrogen-bond acceptors (Lipinski definition) is 1. The molecule has 0 radical (unpaired) electrons. The average Bonchev–Trinajstić information content (AvgIpc) is 3.75. The van der Waals surface area contributed by atoms with Crippen LogP contribution in [-0.2, 0) is 0 Å². The molecule has 11 rings (SSSR count). The Kier molecular flexibility index (Phi) is 7.17. The Morgan fingerprint density at radius 2 is 0.764 bits per heavy atom. The van der Waals surface area contributed by atoms with E-state index < -0.39 is 0 Å². The summed E-state index contributed by atoms with van der Waals surface area (Å²) in [7, 11) is 0. The van der Waals surface area contributed by atoms with Crippen LogP contribution in [0.5, 0.6) is 0 Å². The van der Waals surface area contributed by atoms with Crippen molar-refractivity contribution in [3.05, 3.63) is 212 Å². The smallest absolute Gasteiger partial charge is 0.0548 e. The second kappa shape index (κ2) is 12.6. The first-order valence-corrected chi connectivity index (χ1v) is 18.9. The first-order valence-electron chi connectivity index (χ1n) is 18.9. The molecular weight excluding hydrogens is 667 g/mol. The number of para-hydroxylation sites is 4. The van der Waals surface area contributed by atoms with Crippen molar-refractivity contribution in [2.45, 2.75) is 0 Å². The van der Waals surface area contributed by atoms with Crippen LogP contribution in [0.25, 0.3) is 76.9 Å². The van der Waals surface area contributed by atoms with Gasteiger partial charge in [-0.3, -0.25) is 0 Å². The topological polar surface area (TPSA) is 13.1 Å². The Balaban J connectivity index is 1.09. The van der Waals surface area contributed by atoms with Crippen molar-refractivity contribution in [1.82, 2.24) is 9.13 Å². The third-order valence-corrected chi connectivity index (χ3v) is 11.1. The molecule has 258 valence electrons. The van der Waals surface area contributed by atoms with Crippen molar-refractivity contribution >= 4 is 71.4 Å². The van der Waals surface area contributed by atoms with Gasteiger partial charge in [0.25, 0.3) is 0 Å². The summed E-state index contributed by atoms with van der Waals surface area (Å²) in [6, 6.07) is 76.9. The van der Waals surface area contributed by atoms with Crippen molar-refractivity contribution in [3.8, 4) is 22.5 Å². The second-order valence-corrected chi connectivity index (χ2v) is 14.2. The predicted octanol–water partition coefficient (Wildman–Crippen LogP) is 14.2. The lowest BCUT2D eigenvalue weighted by atomic mass is 10.0. The van der Waals surface area contributed by atoms with Gasteiger partial charge in [-0.05, 0) is 113 Å². The molecule has 0 atom stereocenters. The summed E-state index contributed by atoms with van der Waals surface area (Å²) in [6.07, 6.45) is 0. The van der Waals surface area contributed by atoms with E-state index in [1.165, 1.54) is 65.5 Å². The van der Waals surface area contributed by atoms with Gasteiger partial charge in [0.05, 0.1) is 22.1 Å². The van der Waals surface area contributed by atoms with Gasteiger partial charge in [0.15, 0.2) is 0 Å². The van der Waals surface area contributed by atoms with Crippen LogP contribution in [0, 0.1) is 0 Å². The standard InChI is InChI=1S/C52H35N3/c1-4-16-40(17-5-1)53(44-30-26-36-14-10-11-15-38(36)32-44)43-28-24-37(25-29-43)39-27-31-50-46(33-39)48-35-51-47(34-52(48)55(50)42-20-8-3-9-21-42)45-22-12-13-23-49(45)54(51)41-18-6-2-7-19-41/h1-35H. The first kappa shape index (κ1) is 31.2. The summed E-state index contributed by atoms with van der Waals surface area (Å²) >= 11 is 0. The first-order chi connectivity index (χ1) is 27.3. The number of aromatic nitrogens is 2. The number of anilines is 3. The van der Waals surface area contributed by atoms with Crippen LogP contribution in [0.3, 0.4) is 0 Å². The van der Waals surface area contributed by atoms with Gasteiger partial charge < -0.3 is 14.0 Å². The molecule has 0 N–H and O–H groups in total. The molecule has 11 aromatic rings. The molecule has 0 bridgehead atoms. The molecule has 2 heterocycles. The van der Waals surface area contributed by atoms with E-state index in [9.17, 15) is 0 Å². The Labute approximate surface area is 319 Å². The van der Waals surface area contributed by atoms with E-state index in [-0.39, 0.29) is 0 Å².